The Balaban J connectivity index is 1.61. The van der Waals surface area contributed by atoms with E-state index in [1.165, 1.54) is 0 Å². The Morgan fingerprint density at radius 2 is 1.57 bits per heavy atom. The average Bonchev–Trinajstić information content (AvgIpc) is 3.24. The molecule has 1 aliphatic rings. The van der Waals surface area contributed by atoms with E-state index >= 15 is 0 Å². The van der Waals surface area contributed by atoms with E-state index in [1.54, 1.807) is 19.9 Å². The maximum Gasteiger partial charge on any atom is 0.324 e. The van der Waals surface area contributed by atoms with Gasteiger partial charge in [-0.25, -0.2) is 0 Å². The third-order valence-electron chi connectivity index (χ3n) is 6.09. The first-order valence-corrected chi connectivity index (χ1v) is 11.7. The third kappa shape index (κ3) is 4.49. The number of halogens is 1. The van der Waals surface area contributed by atoms with E-state index in [0.29, 0.717) is 16.3 Å². The van der Waals surface area contributed by atoms with Crippen molar-refractivity contribution in [3.8, 4) is 5.75 Å². The molecule has 5 rings (SSSR count). The zero-order valence-electron chi connectivity index (χ0n) is 19.3. The maximum atomic E-state index is 13.2. The number of carbonyl (C=O) groups is 2. The second-order valence-corrected chi connectivity index (χ2v) is 9.31. The van der Waals surface area contributed by atoms with E-state index < -0.39 is 29.6 Å². The highest BCUT2D eigenvalue weighted by atomic mass is 35.5. The third-order valence-corrected chi connectivity index (χ3v) is 6.45. The molecule has 2 heterocycles. The number of ether oxygens (including phenoxy) is 3. The summed E-state index contributed by atoms with van der Waals surface area (Å²) in [6, 6.07) is 22.5. The molecular formula is C28H24ClNO5. The molecule has 4 aromatic rings. The van der Waals surface area contributed by atoms with Gasteiger partial charge in [-0.3, -0.25) is 9.59 Å². The van der Waals surface area contributed by atoms with E-state index in [2.05, 4.69) is 4.98 Å². The number of aromatic nitrogens is 1. The molecule has 1 saturated heterocycles. The Labute approximate surface area is 207 Å². The van der Waals surface area contributed by atoms with Gasteiger partial charge in [-0.05, 0) is 23.8 Å². The second-order valence-electron chi connectivity index (χ2n) is 8.90. The Bertz CT molecular complexity index is 1390. The topological polar surface area (TPSA) is 77.6 Å². The van der Waals surface area contributed by atoms with Crippen molar-refractivity contribution in [3.63, 3.8) is 0 Å². The summed E-state index contributed by atoms with van der Waals surface area (Å²) >= 11 is 6.32. The van der Waals surface area contributed by atoms with Crippen molar-refractivity contribution in [2.24, 2.45) is 5.92 Å². The van der Waals surface area contributed by atoms with Gasteiger partial charge in [0.25, 0.3) is 5.79 Å². The molecule has 0 spiro atoms. The molecule has 0 bridgehead atoms. The highest BCUT2D eigenvalue weighted by Gasteiger charge is 2.49. The van der Waals surface area contributed by atoms with Gasteiger partial charge >= 0.3 is 11.9 Å². The van der Waals surface area contributed by atoms with Gasteiger partial charge in [-0.2, -0.15) is 0 Å². The van der Waals surface area contributed by atoms with Crippen molar-refractivity contribution in [2.75, 3.05) is 0 Å². The van der Waals surface area contributed by atoms with Crippen molar-refractivity contribution in [3.05, 3.63) is 101 Å². The van der Waals surface area contributed by atoms with Crippen LogP contribution in [0.1, 0.15) is 36.5 Å². The predicted molar refractivity (Wildman–Crippen MR) is 132 cm³/mol. The van der Waals surface area contributed by atoms with Gasteiger partial charge in [0.2, 0.25) is 0 Å². The van der Waals surface area contributed by atoms with E-state index in [-0.39, 0.29) is 6.61 Å². The zero-order chi connectivity index (χ0) is 24.6. The predicted octanol–water partition coefficient (Wildman–Crippen LogP) is 5.98. The summed E-state index contributed by atoms with van der Waals surface area (Å²) in [5, 5.41) is 1.49. The number of para-hydroxylation sites is 2. The SMILES string of the molecule is CC1(C)OC(=O)C([C@H](c2ccccc2OCc2ccccc2Cl)c2c[nH]c3ccccc23)C(=O)O1. The Morgan fingerprint density at radius 3 is 2.34 bits per heavy atom. The summed E-state index contributed by atoms with van der Waals surface area (Å²) in [6.45, 7) is 3.31. The fraction of sp³-hybridized carbons (Fsp3) is 0.214. The average molecular weight is 490 g/mol. The molecule has 6 nitrogen and oxygen atoms in total. The van der Waals surface area contributed by atoms with Crippen molar-refractivity contribution in [1.29, 1.82) is 0 Å². The molecule has 178 valence electrons. The van der Waals surface area contributed by atoms with Crippen LogP contribution in [0.4, 0.5) is 0 Å². The largest absolute Gasteiger partial charge is 0.489 e. The van der Waals surface area contributed by atoms with E-state index in [1.807, 2.05) is 72.9 Å². The Hall–Kier alpha value is -3.77. The minimum Gasteiger partial charge on any atom is -0.489 e. The lowest BCUT2D eigenvalue weighted by molar-refractivity contribution is -0.240. The highest BCUT2D eigenvalue weighted by molar-refractivity contribution is 6.31. The maximum absolute atomic E-state index is 13.2. The molecular weight excluding hydrogens is 466 g/mol. The number of aromatic amines is 1. The van der Waals surface area contributed by atoms with Crippen LogP contribution < -0.4 is 4.74 Å². The quantitative estimate of drug-likeness (QED) is 0.266. The first-order valence-electron chi connectivity index (χ1n) is 11.3. The minimum absolute atomic E-state index is 0.226. The van der Waals surface area contributed by atoms with Crippen LogP contribution in [-0.4, -0.2) is 22.7 Å². The lowest BCUT2D eigenvalue weighted by Crippen LogP contribution is -2.48. The van der Waals surface area contributed by atoms with Gasteiger partial charge in [0.1, 0.15) is 12.4 Å². The monoisotopic (exact) mass is 489 g/mol. The number of esters is 2. The molecule has 0 unspecified atom stereocenters. The van der Waals surface area contributed by atoms with Gasteiger partial charge < -0.3 is 19.2 Å². The molecule has 0 amide bonds. The number of hydrogen-bond acceptors (Lipinski definition) is 5. The standard InChI is InChI=1S/C28H24ClNO5/c1-28(2)34-26(31)25(27(32)35-28)24(20-15-30-22-13-7-4-10-18(20)22)19-11-5-8-14-23(19)33-16-17-9-3-6-12-21(17)29/h3-15,24-25,30H,16H2,1-2H3/t24-/m1/s1. The van der Waals surface area contributed by atoms with Crippen molar-refractivity contribution >= 4 is 34.4 Å². The molecule has 1 atom stereocenters. The lowest BCUT2D eigenvalue weighted by atomic mass is 9.79. The van der Waals surface area contributed by atoms with E-state index in [9.17, 15) is 9.59 Å². The molecule has 1 aliphatic heterocycles. The van der Waals surface area contributed by atoms with Crippen molar-refractivity contribution in [1.82, 2.24) is 4.98 Å². The zero-order valence-corrected chi connectivity index (χ0v) is 20.0. The molecule has 1 fully saturated rings. The minimum atomic E-state index is -1.32. The number of fused-ring (bicyclic) bond motifs is 1. The number of carbonyl (C=O) groups excluding carboxylic acids is 2. The summed E-state index contributed by atoms with van der Waals surface area (Å²) in [4.78, 5) is 29.7. The summed E-state index contributed by atoms with van der Waals surface area (Å²) in [7, 11) is 0. The van der Waals surface area contributed by atoms with Crippen molar-refractivity contribution < 1.29 is 23.8 Å². The van der Waals surface area contributed by atoms with Crippen LogP contribution in [0.15, 0.2) is 79.0 Å². The summed E-state index contributed by atoms with van der Waals surface area (Å²) < 4.78 is 17.2. The number of benzene rings is 3. The van der Waals surface area contributed by atoms with Gasteiger partial charge in [0, 0.05) is 53.0 Å². The number of cyclic esters (lactones) is 2. The van der Waals surface area contributed by atoms with Crippen LogP contribution in [0.5, 0.6) is 5.75 Å². The molecule has 3 aromatic carbocycles. The highest BCUT2D eigenvalue weighted by Crippen LogP contribution is 2.43. The van der Waals surface area contributed by atoms with Crippen LogP contribution >= 0.6 is 11.6 Å². The van der Waals surface area contributed by atoms with E-state index in [0.717, 1.165) is 22.0 Å². The van der Waals surface area contributed by atoms with Crippen molar-refractivity contribution in [2.45, 2.75) is 32.2 Å². The molecule has 35 heavy (non-hydrogen) atoms. The molecule has 0 saturated carbocycles. The van der Waals surface area contributed by atoms with Crippen LogP contribution in [0.3, 0.4) is 0 Å². The van der Waals surface area contributed by atoms with Gasteiger partial charge in [0.05, 0.1) is 0 Å². The fourth-order valence-electron chi connectivity index (χ4n) is 4.52. The van der Waals surface area contributed by atoms with Gasteiger partial charge in [-0.1, -0.05) is 66.2 Å². The smallest absolute Gasteiger partial charge is 0.324 e. The number of nitrogens with one attached hydrogen (secondary N) is 1. The second kappa shape index (κ2) is 9.12. The Morgan fingerprint density at radius 1 is 0.914 bits per heavy atom. The van der Waals surface area contributed by atoms with E-state index in [4.69, 9.17) is 25.8 Å². The Kier molecular flexibility index (Phi) is 5.99. The van der Waals surface area contributed by atoms with Gasteiger partial charge in [-0.15, -0.1) is 0 Å². The molecule has 0 aliphatic carbocycles. The summed E-state index contributed by atoms with van der Waals surface area (Å²) in [5.41, 5.74) is 3.15. The van der Waals surface area contributed by atoms with Crippen LogP contribution in [-0.2, 0) is 25.7 Å². The molecule has 0 radical (unpaired) electrons. The molecule has 1 aromatic heterocycles. The van der Waals surface area contributed by atoms with Crippen LogP contribution in [0, 0.1) is 5.92 Å². The number of hydrogen-bond donors (Lipinski definition) is 1. The van der Waals surface area contributed by atoms with Crippen LogP contribution in [0.25, 0.3) is 10.9 Å². The molecule has 1 N–H and O–H groups in total. The lowest BCUT2D eigenvalue weighted by Gasteiger charge is -2.36. The normalized spacial score (nSPS) is 16.5. The number of H-pyrrole nitrogens is 1. The molecule has 7 heteroatoms. The number of rotatable bonds is 6. The summed E-state index contributed by atoms with van der Waals surface area (Å²) in [5.74, 6) is -3.97. The van der Waals surface area contributed by atoms with Crippen LogP contribution in [0.2, 0.25) is 5.02 Å². The summed E-state index contributed by atoms with van der Waals surface area (Å²) in [6.07, 6.45) is 1.82. The fourth-order valence-corrected chi connectivity index (χ4v) is 4.71. The first kappa shape index (κ1) is 23.0. The van der Waals surface area contributed by atoms with Gasteiger partial charge in [0.15, 0.2) is 5.92 Å². The first-order chi connectivity index (χ1) is 16.8.